The largest absolute Gasteiger partial charge is 0.345 e. The van der Waals surface area contributed by atoms with E-state index >= 15 is 0 Å². The van der Waals surface area contributed by atoms with E-state index in [2.05, 4.69) is 41.5 Å². The van der Waals surface area contributed by atoms with E-state index < -0.39 is 0 Å². The predicted octanol–water partition coefficient (Wildman–Crippen LogP) is 3.53. The quantitative estimate of drug-likeness (QED) is 0.914. The molecule has 3 rings (SSSR count). The molecule has 0 spiro atoms. The fraction of sp³-hybridized carbons (Fsp3) is 0.600. The Kier molecular flexibility index (Phi) is 4.57. The fourth-order valence-electron chi connectivity index (χ4n) is 2.81. The Balaban J connectivity index is 1.76. The number of aryl methyl sites for hydroxylation is 2. The van der Waals surface area contributed by atoms with Crippen molar-refractivity contribution >= 4 is 27.8 Å². The van der Waals surface area contributed by atoms with Gasteiger partial charge < -0.3 is 10.2 Å². The zero-order chi connectivity index (χ0) is 14.8. The molecule has 4 nitrogen and oxygen atoms in total. The molecular weight excluding hydrogens is 300 g/mol. The maximum Gasteiger partial charge on any atom is 0.185 e. The van der Waals surface area contributed by atoms with Crippen molar-refractivity contribution in [3.8, 4) is 0 Å². The average molecular weight is 323 g/mol. The van der Waals surface area contributed by atoms with Gasteiger partial charge in [-0.25, -0.2) is 9.97 Å². The van der Waals surface area contributed by atoms with Crippen LogP contribution in [0.25, 0.3) is 0 Å². The van der Waals surface area contributed by atoms with E-state index in [0.717, 1.165) is 28.9 Å². The Morgan fingerprint density at radius 1 is 1.43 bits per heavy atom. The number of fused-ring (bicyclic) bond motifs is 1. The maximum absolute atomic E-state index is 4.91. The minimum Gasteiger partial charge on any atom is -0.345 e. The van der Waals surface area contributed by atoms with Crippen molar-refractivity contribution in [2.75, 3.05) is 18.5 Å². The molecule has 0 aromatic carbocycles. The average Bonchev–Trinajstić information content (AvgIpc) is 3.06. The fourth-order valence-corrected chi connectivity index (χ4v) is 4.53. The zero-order valence-corrected chi connectivity index (χ0v) is 14.5. The van der Waals surface area contributed by atoms with Gasteiger partial charge >= 0.3 is 0 Å². The van der Waals surface area contributed by atoms with E-state index in [1.807, 2.05) is 11.3 Å². The number of nitrogens with one attached hydrogen (secondary N) is 1. The minimum absolute atomic E-state index is 0.443. The second kappa shape index (κ2) is 6.42. The number of hydrogen-bond donors (Lipinski definition) is 1. The van der Waals surface area contributed by atoms with Crippen LogP contribution in [-0.4, -0.2) is 23.6 Å². The van der Waals surface area contributed by atoms with Gasteiger partial charge in [-0.05, 0) is 32.7 Å². The Morgan fingerprint density at radius 2 is 2.29 bits per heavy atom. The lowest BCUT2D eigenvalue weighted by atomic mass is 9.98. The normalized spacial score (nSPS) is 17.8. The first kappa shape index (κ1) is 14.9. The summed E-state index contributed by atoms with van der Waals surface area (Å²) in [6.07, 6.45) is 3.65. The molecule has 0 aliphatic heterocycles. The monoisotopic (exact) mass is 322 g/mol. The highest BCUT2D eigenvalue weighted by atomic mass is 32.1. The Hall–Kier alpha value is -0.980. The molecular formula is C15H22N4S2. The number of hydrogen-bond acceptors (Lipinski definition) is 6. The van der Waals surface area contributed by atoms with Crippen LogP contribution >= 0.6 is 22.7 Å². The van der Waals surface area contributed by atoms with Crippen LogP contribution in [0.5, 0.6) is 0 Å². The second-order valence-electron chi connectivity index (χ2n) is 5.52. The molecule has 0 saturated heterocycles. The van der Waals surface area contributed by atoms with Gasteiger partial charge in [-0.15, -0.1) is 22.7 Å². The van der Waals surface area contributed by atoms with Crippen LogP contribution in [0.2, 0.25) is 0 Å². The van der Waals surface area contributed by atoms with E-state index in [0.29, 0.717) is 6.04 Å². The number of nitrogens with zero attached hydrogens (tertiary/aromatic N) is 3. The molecule has 0 saturated carbocycles. The van der Waals surface area contributed by atoms with Gasteiger partial charge in [0.1, 0.15) is 0 Å². The van der Waals surface area contributed by atoms with Crippen molar-refractivity contribution < 1.29 is 0 Å². The van der Waals surface area contributed by atoms with Gasteiger partial charge in [0.15, 0.2) is 5.13 Å². The standard InChI is InChI=1S/C15H22N4S2/c1-4-16-12-6-5-7-13-14(12)18-15(21-13)19(3)8-11-9-20-10(2)17-11/h9,12,16H,4-8H2,1-3H3. The minimum atomic E-state index is 0.443. The summed E-state index contributed by atoms with van der Waals surface area (Å²) < 4.78 is 0. The molecule has 1 N–H and O–H groups in total. The summed E-state index contributed by atoms with van der Waals surface area (Å²) in [6, 6.07) is 0.443. The van der Waals surface area contributed by atoms with E-state index in [1.54, 1.807) is 11.3 Å². The molecule has 0 fully saturated rings. The van der Waals surface area contributed by atoms with Crippen LogP contribution in [-0.2, 0) is 13.0 Å². The summed E-state index contributed by atoms with van der Waals surface area (Å²) in [5.41, 5.74) is 2.42. The molecule has 0 amide bonds. The van der Waals surface area contributed by atoms with E-state index in [-0.39, 0.29) is 0 Å². The van der Waals surface area contributed by atoms with Gasteiger partial charge in [0.25, 0.3) is 0 Å². The van der Waals surface area contributed by atoms with Gasteiger partial charge in [0, 0.05) is 17.3 Å². The molecule has 1 aliphatic carbocycles. The lowest BCUT2D eigenvalue weighted by Crippen LogP contribution is -2.24. The van der Waals surface area contributed by atoms with Gasteiger partial charge in [0.2, 0.25) is 0 Å². The number of thiazole rings is 2. The summed E-state index contributed by atoms with van der Waals surface area (Å²) in [4.78, 5) is 13.1. The zero-order valence-electron chi connectivity index (χ0n) is 12.8. The molecule has 2 aromatic rings. The molecule has 0 radical (unpaired) electrons. The molecule has 1 unspecified atom stereocenters. The maximum atomic E-state index is 4.91. The van der Waals surface area contributed by atoms with E-state index in [4.69, 9.17) is 4.98 Å². The molecule has 21 heavy (non-hydrogen) atoms. The summed E-state index contributed by atoms with van der Waals surface area (Å²) in [5, 5.41) is 7.95. The van der Waals surface area contributed by atoms with Crippen molar-refractivity contribution in [3.05, 3.63) is 26.7 Å². The Labute approximate surface area is 134 Å². The molecule has 114 valence electrons. The third-order valence-electron chi connectivity index (χ3n) is 3.79. The predicted molar refractivity (Wildman–Crippen MR) is 90.4 cm³/mol. The molecule has 6 heteroatoms. The van der Waals surface area contributed by atoms with Gasteiger partial charge in [-0.1, -0.05) is 6.92 Å². The smallest absolute Gasteiger partial charge is 0.185 e. The lowest BCUT2D eigenvalue weighted by molar-refractivity contribution is 0.465. The molecule has 2 aromatic heterocycles. The van der Waals surface area contributed by atoms with Crippen molar-refractivity contribution in [2.24, 2.45) is 0 Å². The first-order valence-corrected chi connectivity index (χ1v) is 9.22. The summed E-state index contributed by atoms with van der Waals surface area (Å²) in [7, 11) is 2.11. The third-order valence-corrected chi connectivity index (χ3v) is 5.85. The number of anilines is 1. The van der Waals surface area contributed by atoms with Crippen LogP contribution in [0, 0.1) is 6.92 Å². The summed E-state index contributed by atoms with van der Waals surface area (Å²) in [5.74, 6) is 0. The van der Waals surface area contributed by atoms with E-state index in [9.17, 15) is 0 Å². The highest BCUT2D eigenvalue weighted by Gasteiger charge is 2.25. The Bertz CT molecular complexity index is 605. The number of aromatic nitrogens is 2. The number of rotatable bonds is 5. The SMILES string of the molecule is CCNC1CCCc2sc(N(C)Cc3csc(C)n3)nc21. The molecule has 0 bridgehead atoms. The van der Waals surface area contributed by atoms with Gasteiger partial charge in [-0.3, -0.25) is 0 Å². The van der Waals surface area contributed by atoms with Crippen molar-refractivity contribution in [1.29, 1.82) is 0 Å². The first-order chi connectivity index (χ1) is 10.2. The Morgan fingerprint density at radius 3 is 3.00 bits per heavy atom. The third kappa shape index (κ3) is 3.27. The second-order valence-corrected chi connectivity index (χ2v) is 7.65. The first-order valence-electron chi connectivity index (χ1n) is 7.52. The molecule has 2 heterocycles. The lowest BCUT2D eigenvalue weighted by Gasteiger charge is -2.21. The summed E-state index contributed by atoms with van der Waals surface area (Å²) >= 11 is 3.56. The highest BCUT2D eigenvalue weighted by molar-refractivity contribution is 7.15. The van der Waals surface area contributed by atoms with Crippen molar-refractivity contribution in [2.45, 2.75) is 45.7 Å². The summed E-state index contributed by atoms with van der Waals surface area (Å²) in [6.45, 7) is 6.06. The topological polar surface area (TPSA) is 41.0 Å². The van der Waals surface area contributed by atoms with Crippen molar-refractivity contribution in [1.82, 2.24) is 15.3 Å². The molecule has 1 aliphatic rings. The van der Waals surface area contributed by atoms with Crippen LogP contribution in [0.15, 0.2) is 5.38 Å². The van der Waals surface area contributed by atoms with Crippen LogP contribution < -0.4 is 10.2 Å². The highest BCUT2D eigenvalue weighted by Crippen LogP contribution is 2.36. The van der Waals surface area contributed by atoms with Crippen LogP contribution in [0.1, 0.15) is 47.1 Å². The van der Waals surface area contributed by atoms with Crippen LogP contribution in [0.4, 0.5) is 5.13 Å². The molecule has 1 atom stereocenters. The van der Waals surface area contributed by atoms with Gasteiger partial charge in [0.05, 0.1) is 29.0 Å². The van der Waals surface area contributed by atoms with Crippen LogP contribution in [0.3, 0.4) is 0 Å². The van der Waals surface area contributed by atoms with Gasteiger partial charge in [-0.2, -0.15) is 0 Å². The van der Waals surface area contributed by atoms with E-state index in [1.165, 1.54) is 29.8 Å². The van der Waals surface area contributed by atoms with Crippen molar-refractivity contribution in [3.63, 3.8) is 0 Å².